The number of aliphatic carboxylic acids is 1. The van der Waals surface area contributed by atoms with E-state index in [1.807, 2.05) is 0 Å². The number of rotatable bonds is 6. The first-order valence-corrected chi connectivity index (χ1v) is 9.29. The Morgan fingerprint density at radius 2 is 2.11 bits per heavy atom. The summed E-state index contributed by atoms with van der Waals surface area (Å²) in [5, 5.41) is 13.5. The van der Waals surface area contributed by atoms with Crippen molar-refractivity contribution >= 4 is 35.5 Å². The number of carboxylic acid groups (broad SMARTS) is 1. The Labute approximate surface area is 162 Å². The minimum Gasteiger partial charge on any atom is -0.479 e. The second-order valence-corrected chi connectivity index (χ2v) is 7.54. The zero-order valence-corrected chi connectivity index (χ0v) is 15.7. The number of hydrogen-bond donors (Lipinski definition) is 1. The number of aromatic nitrogens is 2. The molecule has 0 amide bonds. The number of carbonyl (C=O) groups is 1. The SMILES string of the molecule is Cn1nc(C(F)(F)F)c(C=NC2(C(=O)O)CC2)c1SCc1ccccc1Cl. The maximum absolute atomic E-state index is 13.4. The second-order valence-electron chi connectivity index (χ2n) is 6.16. The van der Waals surface area contributed by atoms with Crippen LogP contribution in [0.5, 0.6) is 0 Å². The van der Waals surface area contributed by atoms with Gasteiger partial charge in [0.1, 0.15) is 5.03 Å². The average Bonchev–Trinajstić information content (AvgIpc) is 3.31. The highest BCUT2D eigenvalue weighted by Gasteiger charge is 2.50. The van der Waals surface area contributed by atoms with E-state index in [0.29, 0.717) is 23.6 Å². The van der Waals surface area contributed by atoms with E-state index in [1.165, 1.54) is 7.05 Å². The highest BCUT2D eigenvalue weighted by atomic mass is 35.5. The molecule has 5 nitrogen and oxygen atoms in total. The van der Waals surface area contributed by atoms with Crippen LogP contribution in [0.2, 0.25) is 5.02 Å². The minimum atomic E-state index is -4.68. The average molecular weight is 418 g/mol. The van der Waals surface area contributed by atoms with E-state index in [2.05, 4.69) is 10.1 Å². The number of aliphatic imine (C=N–C) groups is 1. The summed E-state index contributed by atoms with van der Waals surface area (Å²) >= 11 is 7.24. The van der Waals surface area contributed by atoms with E-state index < -0.39 is 23.4 Å². The van der Waals surface area contributed by atoms with Gasteiger partial charge in [-0.05, 0) is 24.5 Å². The van der Waals surface area contributed by atoms with Gasteiger partial charge in [-0.25, -0.2) is 4.79 Å². The second kappa shape index (κ2) is 7.20. The Morgan fingerprint density at radius 3 is 2.67 bits per heavy atom. The van der Waals surface area contributed by atoms with E-state index in [9.17, 15) is 23.1 Å². The summed E-state index contributed by atoms with van der Waals surface area (Å²) in [6.45, 7) is 0. The number of halogens is 4. The highest BCUT2D eigenvalue weighted by Crippen LogP contribution is 2.41. The quantitative estimate of drug-likeness (QED) is 0.558. The number of hydrogen-bond acceptors (Lipinski definition) is 4. The fraction of sp³-hybridized carbons (Fsp3) is 0.353. The molecule has 144 valence electrons. The number of thioether (sulfide) groups is 1. The van der Waals surface area contributed by atoms with Crippen molar-refractivity contribution in [2.75, 3.05) is 0 Å². The van der Waals surface area contributed by atoms with Gasteiger partial charge in [-0.15, -0.1) is 11.8 Å². The molecule has 1 N–H and O–H groups in total. The molecule has 27 heavy (non-hydrogen) atoms. The van der Waals surface area contributed by atoms with Crippen LogP contribution in [0.25, 0.3) is 0 Å². The van der Waals surface area contributed by atoms with Crippen molar-refractivity contribution in [2.45, 2.75) is 35.3 Å². The van der Waals surface area contributed by atoms with E-state index in [4.69, 9.17) is 11.6 Å². The van der Waals surface area contributed by atoms with Crippen LogP contribution in [0, 0.1) is 0 Å². The van der Waals surface area contributed by atoms with Crippen LogP contribution in [0.4, 0.5) is 13.2 Å². The lowest BCUT2D eigenvalue weighted by Crippen LogP contribution is -2.19. The predicted octanol–water partition coefficient (Wildman–Crippen LogP) is 4.42. The summed E-state index contributed by atoms with van der Waals surface area (Å²) in [5.41, 5.74) is -1.86. The highest BCUT2D eigenvalue weighted by molar-refractivity contribution is 7.98. The van der Waals surface area contributed by atoms with Crippen LogP contribution in [0.1, 0.15) is 29.7 Å². The number of carboxylic acids is 1. The summed E-state index contributed by atoms with van der Waals surface area (Å²) in [4.78, 5) is 15.2. The molecule has 10 heteroatoms. The maximum atomic E-state index is 13.4. The summed E-state index contributed by atoms with van der Waals surface area (Å²) in [6, 6.07) is 7.04. The van der Waals surface area contributed by atoms with Crippen molar-refractivity contribution in [3.8, 4) is 0 Å². The molecule has 0 unspecified atom stereocenters. The lowest BCUT2D eigenvalue weighted by molar-refractivity contribution is -0.141. The van der Waals surface area contributed by atoms with Crippen molar-refractivity contribution in [1.29, 1.82) is 0 Å². The molecule has 1 aromatic heterocycles. The molecule has 1 aliphatic rings. The molecule has 1 aromatic carbocycles. The third kappa shape index (κ3) is 4.14. The van der Waals surface area contributed by atoms with Gasteiger partial charge in [0.2, 0.25) is 0 Å². The van der Waals surface area contributed by atoms with Crippen LogP contribution in [0.15, 0.2) is 34.3 Å². The zero-order valence-electron chi connectivity index (χ0n) is 14.1. The fourth-order valence-electron chi connectivity index (χ4n) is 2.49. The van der Waals surface area contributed by atoms with Crippen LogP contribution in [-0.2, 0) is 23.8 Å². The minimum absolute atomic E-state index is 0.227. The summed E-state index contributed by atoms with van der Waals surface area (Å²) in [7, 11) is 1.41. The largest absolute Gasteiger partial charge is 0.479 e. The molecule has 1 saturated carbocycles. The van der Waals surface area contributed by atoms with Gasteiger partial charge >= 0.3 is 12.1 Å². The molecular weight excluding hydrogens is 403 g/mol. The number of alkyl halides is 3. The van der Waals surface area contributed by atoms with Crippen molar-refractivity contribution in [1.82, 2.24) is 9.78 Å². The third-order valence-corrected chi connectivity index (χ3v) is 5.76. The van der Waals surface area contributed by atoms with Crippen molar-refractivity contribution in [3.05, 3.63) is 46.1 Å². The number of aryl methyl sites for hydroxylation is 1. The Hall–Kier alpha value is -2.00. The van der Waals surface area contributed by atoms with Gasteiger partial charge in [0, 0.05) is 24.0 Å². The van der Waals surface area contributed by atoms with Gasteiger partial charge < -0.3 is 5.11 Å². The molecule has 1 aliphatic carbocycles. The van der Waals surface area contributed by atoms with Crippen molar-refractivity contribution in [3.63, 3.8) is 0 Å². The fourth-order valence-corrected chi connectivity index (χ4v) is 3.85. The standard InChI is InChI=1S/C17H15ClF3N3O2S/c1-24-14(27-9-10-4-2-3-5-12(10)18)11(13(23-24)17(19,20)21)8-22-16(6-7-16)15(25)26/h2-5,8H,6-7,9H2,1H3,(H,25,26). The molecular formula is C17H15ClF3N3O2S. The number of benzene rings is 1. The first kappa shape index (κ1) is 19.8. The van der Waals surface area contributed by atoms with Gasteiger partial charge in [-0.1, -0.05) is 29.8 Å². The van der Waals surface area contributed by atoms with Gasteiger partial charge in [0.25, 0.3) is 0 Å². The molecule has 0 aliphatic heterocycles. The molecule has 0 atom stereocenters. The molecule has 0 radical (unpaired) electrons. The van der Waals surface area contributed by atoms with Crippen LogP contribution in [-0.4, -0.2) is 32.6 Å². The maximum Gasteiger partial charge on any atom is 0.435 e. The summed E-state index contributed by atoms with van der Waals surface area (Å²) in [6.07, 6.45) is -3.07. The van der Waals surface area contributed by atoms with Crippen molar-refractivity contribution < 1.29 is 23.1 Å². The normalized spacial score (nSPS) is 16.0. The Balaban J connectivity index is 1.95. The zero-order chi connectivity index (χ0) is 19.8. The molecule has 3 rings (SSSR count). The Kier molecular flexibility index (Phi) is 5.27. The van der Waals surface area contributed by atoms with E-state index >= 15 is 0 Å². The molecule has 0 bridgehead atoms. The van der Waals surface area contributed by atoms with Gasteiger partial charge in [-0.2, -0.15) is 18.3 Å². The van der Waals surface area contributed by atoms with Gasteiger partial charge in [0.05, 0.1) is 5.56 Å². The summed E-state index contributed by atoms with van der Waals surface area (Å²) < 4.78 is 41.3. The van der Waals surface area contributed by atoms with Crippen LogP contribution in [0.3, 0.4) is 0 Å². The van der Waals surface area contributed by atoms with E-state index in [1.54, 1.807) is 24.3 Å². The third-order valence-electron chi connectivity index (χ3n) is 4.18. The van der Waals surface area contributed by atoms with Gasteiger partial charge in [-0.3, -0.25) is 9.67 Å². The molecule has 1 fully saturated rings. The smallest absolute Gasteiger partial charge is 0.435 e. The first-order chi connectivity index (χ1) is 12.6. The predicted molar refractivity (Wildman–Crippen MR) is 96.4 cm³/mol. The lowest BCUT2D eigenvalue weighted by Gasteiger charge is -2.08. The van der Waals surface area contributed by atoms with Gasteiger partial charge in [0.15, 0.2) is 11.2 Å². The van der Waals surface area contributed by atoms with Crippen LogP contribution >= 0.6 is 23.4 Å². The van der Waals surface area contributed by atoms with Crippen molar-refractivity contribution in [2.24, 2.45) is 12.0 Å². The summed E-state index contributed by atoms with van der Waals surface area (Å²) in [5.74, 6) is -0.803. The van der Waals surface area contributed by atoms with E-state index in [0.717, 1.165) is 28.2 Å². The Bertz CT molecular complexity index is 907. The first-order valence-electron chi connectivity index (χ1n) is 7.93. The number of nitrogens with zero attached hydrogens (tertiary/aromatic N) is 3. The topological polar surface area (TPSA) is 67.5 Å². The van der Waals surface area contributed by atoms with Crippen LogP contribution < -0.4 is 0 Å². The molecule has 0 saturated heterocycles. The molecule has 2 aromatic rings. The van der Waals surface area contributed by atoms with E-state index in [-0.39, 0.29) is 10.6 Å². The Morgan fingerprint density at radius 1 is 1.44 bits per heavy atom. The lowest BCUT2D eigenvalue weighted by atomic mass is 10.2. The molecule has 0 spiro atoms. The monoisotopic (exact) mass is 417 g/mol. The molecule has 1 heterocycles.